The van der Waals surface area contributed by atoms with Crippen molar-refractivity contribution in [2.75, 3.05) is 12.4 Å². The Morgan fingerprint density at radius 2 is 1.53 bits per heavy atom. The van der Waals surface area contributed by atoms with Gasteiger partial charge in [0.05, 0.1) is 37.1 Å². The van der Waals surface area contributed by atoms with Crippen molar-refractivity contribution in [1.29, 1.82) is 0 Å². The molecule has 0 aliphatic carbocycles. The number of aromatic nitrogens is 1. The maximum atomic E-state index is 13.1. The molecule has 4 rings (SSSR count). The number of methoxy groups -OCH3 is 1. The quantitative estimate of drug-likeness (QED) is 0.316. The van der Waals surface area contributed by atoms with Gasteiger partial charge in [-0.15, -0.1) is 0 Å². The standard InChI is InChI=1S/C29H26N2O5/c1-19-25(29(33)34)15-23(16-30-19)22-10-13-27(35-2)26(14-22)28(32)31-24-11-8-21(9-12-24)18-36-17-20-6-4-3-5-7-20/h3-16H,17-18H2,1-2H3,(H,31,32)(H,33,34). The molecule has 0 saturated carbocycles. The Morgan fingerprint density at radius 3 is 2.19 bits per heavy atom. The normalized spacial score (nSPS) is 10.6. The second kappa shape index (κ2) is 11.3. The number of carboxylic acid groups (broad SMARTS) is 1. The van der Waals surface area contributed by atoms with Gasteiger partial charge in [0.2, 0.25) is 0 Å². The van der Waals surface area contributed by atoms with Crippen LogP contribution in [-0.2, 0) is 18.0 Å². The van der Waals surface area contributed by atoms with E-state index in [1.165, 1.54) is 7.11 Å². The highest BCUT2D eigenvalue weighted by atomic mass is 16.5. The van der Waals surface area contributed by atoms with E-state index in [1.807, 2.05) is 54.6 Å². The van der Waals surface area contributed by atoms with Gasteiger partial charge in [0.25, 0.3) is 5.91 Å². The van der Waals surface area contributed by atoms with Crippen LogP contribution in [0.4, 0.5) is 5.69 Å². The lowest BCUT2D eigenvalue weighted by Gasteiger charge is -2.12. The lowest BCUT2D eigenvalue weighted by Crippen LogP contribution is -2.13. The number of carbonyl (C=O) groups is 2. The van der Waals surface area contributed by atoms with Crippen molar-refractivity contribution in [2.45, 2.75) is 20.1 Å². The number of nitrogens with one attached hydrogen (secondary N) is 1. The van der Waals surface area contributed by atoms with Gasteiger partial charge in [-0.05, 0) is 53.9 Å². The highest BCUT2D eigenvalue weighted by molar-refractivity contribution is 6.07. The molecule has 36 heavy (non-hydrogen) atoms. The second-order valence-corrected chi connectivity index (χ2v) is 8.21. The number of ether oxygens (including phenoxy) is 2. The summed E-state index contributed by atoms with van der Waals surface area (Å²) in [6, 6.07) is 24.1. The second-order valence-electron chi connectivity index (χ2n) is 8.21. The van der Waals surface area contributed by atoms with Crippen LogP contribution in [-0.4, -0.2) is 29.1 Å². The van der Waals surface area contributed by atoms with Crippen molar-refractivity contribution in [3.8, 4) is 16.9 Å². The maximum Gasteiger partial charge on any atom is 0.337 e. The molecule has 7 heteroatoms. The van der Waals surface area contributed by atoms with Crippen LogP contribution in [0.3, 0.4) is 0 Å². The minimum Gasteiger partial charge on any atom is -0.496 e. The summed E-state index contributed by atoms with van der Waals surface area (Å²) in [6.07, 6.45) is 1.59. The molecule has 1 amide bonds. The Labute approximate surface area is 209 Å². The van der Waals surface area contributed by atoms with E-state index < -0.39 is 5.97 Å². The Morgan fingerprint density at radius 1 is 0.861 bits per heavy atom. The van der Waals surface area contributed by atoms with E-state index in [0.717, 1.165) is 11.1 Å². The average Bonchev–Trinajstić information content (AvgIpc) is 2.90. The third-order valence-electron chi connectivity index (χ3n) is 5.69. The van der Waals surface area contributed by atoms with Gasteiger partial charge in [0, 0.05) is 17.4 Å². The first-order chi connectivity index (χ1) is 17.4. The number of nitrogens with zero attached hydrogens (tertiary/aromatic N) is 1. The first kappa shape index (κ1) is 24.6. The Balaban J connectivity index is 1.46. The summed E-state index contributed by atoms with van der Waals surface area (Å²) < 4.78 is 11.2. The first-order valence-electron chi connectivity index (χ1n) is 11.3. The van der Waals surface area contributed by atoms with Gasteiger partial charge in [-0.2, -0.15) is 0 Å². The lowest BCUT2D eigenvalue weighted by atomic mass is 10.0. The van der Waals surface area contributed by atoms with Crippen LogP contribution in [0.5, 0.6) is 5.75 Å². The van der Waals surface area contributed by atoms with Crippen molar-refractivity contribution in [3.63, 3.8) is 0 Å². The lowest BCUT2D eigenvalue weighted by molar-refractivity contribution is 0.0695. The molecule has 0 radical (unpaired) electrons. The number of carboxylic acids is 1. The zero-order valence-corrected chi connectivity index (χ0v) is 20.0. The summed E-state index contributed by atoms with van der Waals surface area (Å²) in [5, 5.41) is 12.3. The molecule has 0 bridgehead atoms. The van der Waals surface area contributed by atoms with Crippen LogP contribution in [0.15, 0.2) is 85.1 Å². The van der Waals surface area contributed by atoms with E-state index in [2.05, 4.69) is 10.3 Å². The number of aromatic carboxylic acids is 1. The predicted octanol–water partition coefficient (Wildman–Crippen LogP) is 5.73. The summed E-state index contributed by atoms with van der Waals surface area (Å²) in [5.74, 6) is -0.997. The Bertz CT molecular complexity index is 1370. The summed E-state index contributed by atoms with van der Waals surface area (Å²) in [5.41, 5.74) is 4.83. The average molecular weight is 483 g/mol. The summed E-state index contributed by atoms with van der Waals surface area (Å²) >= 11 is 0. The zero-order chi connectivity index (χ0) is 25.5. The third kappa shape index (κ3) is 5.95. The van der Waals surface area contributed by atoms with E-state index in [4.69, 9.17) is 9.47 Å². The molecule has 1 aromatic heterocycles. The van der Waals surface area contributed by atoms with Crippen LogP contribution < -0.4 is 10.1 Å². The van der Waals surface area contributed by atoms with E-state index in [-0.39, 0.29) is 11.5 Å². The van der Waals surface area contributed by atoms with Gasteiger partial charge < -0.3 is 19.9 Å². The number of amides is 1. The number of benzene rings is 3. The number of hydrogen-bond donors (Lipinski definition) is 2. The molecule has 0 saturated heterocycles. The molecular formula is C29H26N2O5. The van der Waals surface area contributed by atoms with Gasteiger partial charge in [0.15, 0.2) is 0 Å². The third-order valence-corrected chi connectivity index (χ3v) is 5.69. The van der Waals surface area contributed by atoms with E-state index in [0.29, 0.717) is 47.0 Å². The fraction of sp³-hybridized carbons (Fsp3) is 0.138. The van der Waals surface area contributed by atoms with Gasteiger partial charge in [-0.25, -0.2) is 4.79 Å². The number of rotatable bonds is 9. The summed E-state index contributed by atoms with van der Waals surface area (Å²) in [7, 11) is 1.49. The molecule has 4 aromatic rings. The monoisotopic (exact) mass is 482 g/mol. The summed E-state index contributed by atoms with van der Waals surface area (Å²) in [6.45, 7) is 2.63. The van der Waals surface area contributed by atoms with Crippen molar-refractivity contribution < 1.29 is 24.2 Å². The van der Waals surface area contributed by atoms with Crippen molar-refractivity contribution in [3.05, 3.63) is 113 Å². The predicted molar refractivity (Wildman–Crippen MR) is 137 cm³/mol. The molecule has 182 valence electrons. The van der Waals surface area contributed by atoms with Gasteiger partial charge >= 0.3 is 5.97 Å². The minimum absolute atomic E-state index is 0.113. The van der Waals surface area contributed by atoms with Crippen molar-refractivity contribution >= 4 is 17.6 Å². The van der Waals surface area contributed by atoms with Crippen LogP contribution in [0.2, 0.25) is 0 Å². The number of hydrogen-bond acceptors (Lipinski definition) is 5. The molecule has 0 unspecified atom stereocenters. The topological polar surface area (TPSA) is 97.8 Å². The molecule has 1 heterocycles. The minimum atomic E-state index is -1.05. The number of aryl methyl sites for hydroxylation is 1. The zero-order valence-electron chi connectivity index (χ0n) is 20.0. The molecule has 0 aliphatic rings. The Hall–Kier alpha value is -4.49. The van der Waals surface area contributed by atoms with E-state index in [9.17, 15) is 14.7 Å². The van der Waals surface area contributed by atoms with Crippen molar-refractivity contribution in [1.82, 2.24) is 4.98 Å². The van der Waals surface area contributed by atoms with Crippen molar-refractivity contribution in [2.24, 2.45) is 0 Å². The van der Waals surface area contributed by atoms with E-state index >= 15 is 0 Å². The first-order valence-corrected chi connectivity index (χ1v) is 11.3. The fourth-order valence-electron chi connectivity index (χ4n) is 3.72. The van der Waals surface area contributed by atoms with Gasteiger partial charge in [-0.1, -0.05) is 48.5 Å². The van der Waals surface area contributed by atoms with Gasteiger partial charge in [-0.3, -0.25) is 9.78 Å². The molecule has 0 atom stereocenters. The van der Waals surface area contributed by atoms with Crippen LogP contribution in [0.1, 0.15) is 37.5 Å². The number of pyridine rings is 1. The van der Waals surface area contributed by atoms with Crippen LogP contribution >= 0.6 is 0 Å². The molecule has 0 fully saturated rings. The molecule has 7 nitrogen and oxygen atoms in total. The number of carbonyl (C=O) groups excluding carboxylic acids is 1. The number of anilines is 1. The molecule has 0 aliphatic heterocycles. The highest BCUT2D eigenvalue weighted by Gasteiger charge is 2.16. The Kier molecular flexibility index (Phi) is 7.72. The molecule has 2 N–H and O–H groups in total. The van der Waals surface area contributed by atoms with Gasteiger partial charge in [0.1, 0.15) is 5.75 Å². The molecule has 0 spiro atoms. The molecule has 3 aromatic carbocycles. The fourth-order valence-corrected chi connectivity index (χ4v) is 3.72. The van der Waals surface area contributed by atoms with Crippen LogP contribution in [0.25, 0.3) is 11.1 Å². The smallest absolute Gasteiger partial charge is 0.337 e. The SMILES string of the molecule is COc1ccc(-c2cnc(C)c(C(=O)O)c2)cc1C(=O)Nc1ccc(COCc2ccccc2)cc1. The molecular weight excluding hydrogens is 456 g/mol. The highest BCUT2D eigenvalue weighted by Crippen LogP contribution is 2.28. The van der Waals surface area contributed by atoms with E-state index in [1.54, 1.807) is 37.4 Å². The largest absolute Gasteiger partial charge is 0.496 e. The maximum absolute atomic E-state index is 13.1. The summed E-state index contributed by atoms with van der Waals surface area (Å²) in [4.78, 5) is 28.8. The van der Waals surface area contributed by atoms with Crippen LogP contribution in [0, 0.1) is 6.92 Å².